The number of carbonyl (C=O) groups excluding carboxylic acids is 3. The minimum absolute atomic E-state index is 0.0380. The van der Waals surface area contributed by atoms with Crippen LogP contribution in [-0.2, 0) is 15.1 Å². The second kappa shape index (κ2) is 6.86. The molecule has 0 saturated carbocycles. The van der Waals surface area contributed by atoms with Gasteiger partial charge in [0.15, 0.2) is 11.5 Å². The maximum Gasteiger partial charge on any atom is 0.586 e. The number of alkyl halides is 2. The van der Waals surface area contributed by atoms with Crippen molar-refractivity contribution in [3.05, 3.63) is 53.6 Å². The Balaban J connectivity index is 1.49. The van der Waals surface area contributed by atoms with Crippen LogP contribution in [-0.4, -0.2) is 35.6 Å². The van der Waals surface area contributed by atoms with Gasteiger partial charge in [-0.2, -0.15) is 0 Å². The highest BCUT2D eigenvalue weighted by Gasteiger charge is 2.51. The SMILES string of the molecule is CC1(c2cc(F)ccc2F)NC(=O)N(CC(=O)Nc2ccc3c(c2)OC(F)(F)O3)C1=O. The molecule has 4 amide bonds. The fourth-order valence-electron chi connectivity index (χ4n) is 3.27. The summed E-state index contributed by atoms with van der Waals surface area (Å²) in [6.07, 6.45) is -3.83. The van der Waals surface area contributed by atoms with Crippen molar-refractivity contribution in [2.75, 3.05) is 11.9 Å². The molecule has 1 saturated heterocycles. The van der Waals surface area contributed by atoms with Crippen LogP contribution in [0, 0.1) is 11.6 Å². The topological polar surface area (TPSA) is 97.0 Å². The Hall–Kier alpha value is -3.83. The lowest BCUT2D eigenvalue weighted by molar-refractivity contribution is -0.286. The number of benzene rings is 2. The summed E-state index contributed by atoms with van der Waals surface area (Å²) in [5.74, 6) is -4.09. The van der Waals surface area contributed by atoms with E-state index in [-0.39, 0.29) is 17.2 Å². The van der Waals surface area contributed by atoms with Crippen molar-refractivity contribution in [2.45, 2.75) is 18.8 Å². The van der Waals surface area contributed by atoms with Crippen molar-refractivity contribution in [1.82, 2.24) is 10.2 Å². The van der Waals surface area contributed by atoms with Crippen LogP contribution in [0.25, 0.3) is 0 Å². The van der Waals surface area contributed by atoms with E-state index in [0.29, 0.717) is 4.90 Å². The molecule has 8 nitrogen and oxygen atoms in total. The molecule has 0 aliphatic carbocycles. The van der Waals surface area contributed by atoms with Gasteiger partial charge in [0.1, 0.15) is 23.7 Å². The number of hydrogen-bond acceptors (Lipinski definition) is 5. The van der Waals surface area contributed by atoms with Crippen molar-refractivity contribution in [3.8, 4) is 11.5 Å². The summed E-state index contributed by atoms with van der Waals surface area (Å²) in [4.78, 5) is 37.9. The van der Waals surface area contributed by atoms with Gasteiger partial charge in [-0.05, 0) is 37.3 Å². The highest BCUT2D eigenvalue weighted by Crippen LogP contribution is 2.42. The van der Waals surface area contributed by atoms with Gasteiger partial charge in [-0.3, -0.25) is 14.5 Å². The van der Waals surface area contributed by atoms with E-state index in [1.54, 1.807) is 0 Å². The Morgan fingerprint density at radius 2 is 1.81 bits per heavy atom. The number of carbonyl (C=O) groups is 3. The molecule has 2 aromatic rings. The second-order valence-corrected chi connectivity index (χ2v) is 6.95. The zero-order valence-corrected chi connectivity index (χ0v) is 15.7. The van der Waals surface area contributed by atoms with Crippen LogP contribution in [0.5, 0.6) is 11.5 Å². The summed E-state index contributed by atoms with van der Waals surface area (Å²) in [6, 6.07) is 4.93. The quantitative estimate of drug-likeness (QED) is 0.564. The van der Waals surface area contributed by atoms with Crippen molar-refractivity contribution in [3.63, 3.8) is 0 Å². The summed E-state index contributed by atoms with van der Waals surface area (Å²) in [5, 5.41) is 4.58. The van der Waals surface area contributed by atoms with E-state index in [0.717, 1.165) is 30.3 Å². The predicted octanol–water partition coefficient (Wildman–Crippen LogP) is 2.69. The number of fused-ring (bicyclic) bond motifs is 1. The van der Waals surface area contributed by atoms with Crippen LogP contribution in [0.4, 0.5) is 28.0 Å². The fraction of sp³-hybridized carbons (Fsp3) is 0.211. The maximum absolute atomic E-state index is 14.2. The normalized spacial score (nSPS) is 21.3. The molecule has 0 aromatic heterocycles. The number of anilines is 1. The molecule has 0 bridgehead atoms. The van der Waals surface area contributed by atoms with Gasteiger partial charge in [0.2, 0.25) is 5.91 Å². The molecular weight excluding hydrogens is 426 g/mol. The number of hydrogen-bond donors (Lipinski definition) is 2. The molecule has 2 aromatic carbocycles. The van der Waals surface area contributed by atoms with E-state index in [9.17, 15) is 31.9 Å². The first kappa shape index (κ1) is 20.4. The molecular formula is C19H13F4N3O5. The average molecular weight is 439 g/mol. The number of nitrogens with one attached hydrogen (secondary N) is 2. The van der Waals surface area contributed by atoms with Gasteiger partial charge in [0, 0.05) is 17.3 Å². The molecule has 12 heteroatoms. The lowest BCUT2D eigenvalue weighted by atomic mass is 9.91. The van der Waals surface area contributed by atoms with Crippen LogP contribution in [0.1, 0.15) is 12.5 Å². The Morgan fingerprint density at radius 3 is 2.55 bits per heavy atom. The summed E-state index contributed by atoms with van der Waals surface area (Å²) in [7, 11) is 0. The minimum Gasteiger partial charge on any atom is -0.395 e. The number of imide groups is 1. The molecule has 162 valence electrons. The Bertz CT molecular complexity index is 1130. The number of amides is 4. The lowest BCUT2D eigenvalue weighted by Crippen LogP contribution is -2.42. The van der Waals surface area contributed by atoms with Crippen LogP contribution >= 0.6 is 0 Å². The van der Waals surface area contributed by atoms with E-state index >= 15 is 0 Å². The predicted molar refractivity (Wildman–Crippen MR) is 95.2 cm³/mol. The molecule has 0 spiro atoms. The summed E-state index contributed by atoms with van der Waals surface area (Å²) in [6.45, 7) is 0.419. The Labute approximate surface area is 171 Å². The number of nitrogens with zero attached hydrogens (tertiary/aromatic N) is 1. The smallest absolute Gasteiger partial charge is 0.395 e. The summed E-state index contributed by atoms with van der Waals surface area (Å²) >= 11 is 0. The van der Waals surface area contributed by atoms with E-state index in [1.807, 2.05) is 0 Å². The Kier molecular flexibility index (Phi) is 4.52. The highest BCUT2D eigenvalue weighted by atomic mass is 19.3. The molecule has 1 fully saturated rings. The molecule has 2 heterocycles. The molecule has 2 N–H and O–H groups in total. The zero-order chi connectivity index (χ0) is 22.6. The van der Waals surface area contributed by atoms with Gasteiger partial charge in [-0.15, -0.1) is 8.78 Å². The van der Waals surface area contributed by atoms with E-state index < -0.39 is 53.4 Å². The standard InChI is InChI=1S/C19H13F4N3O5/c1-18(11-6-9(20)2-4-12(11)21)16(28)26(17(29)25-18)8-15(27)24-10-3-5-13-14(7-10)31-19(22,23)30-13/h2-7H,8H2,1H3,(H,24,27)(H,25,29). The largest absolute Gasteiger partial charge is 0.586 e. The first-order chi connectivity index (χ1) is 14.5. The van der Waals surface area contributed by atoms with E-state index in [4.69, 9.17) is 0 Å². The van der Waals surface area contributed by atoms with Crippen LogP contribution in [0.3, 0.4) is 0 Å². The van der Waals surface area contributed by atoms with Gasteiger partial charge < -0.3 is 20.1 Å². The van der Waals surface area contributed by atoms with Crippen LogP contribution in [0.15, 0.2) is 36.4 Å². The number of urea groups is 1. The molecule has 4 rings (SSSR count). The zero-order valence-electron chi connectivity index (χ0n) is 15.7. The first-order valence-electron chi connectivity index (χ1n) is 8.78. The van der Waals surface area contributed by atoms with Crippen molar-refractivity contribution >= 4 is 23.5 Å². The molecule has 2 aliphatic rings. The minimum atomic E-state index is -3.83. The molecule has 2 aliphatic heterocycles. The number of rotatable bonds is 4. The van der Waals surface area contributed by atoms with Gasteiger partial charge in [0.05, 0.1) is 0 Å². The number of ether oxygens (including phenoxy) is 2. The number of halogens is 4. The molecule has 0 radical (unpaired) electrons. The second-order valence-electron chi connectivity index (χ2n) is 6.95. The van der Waals surface area contributed by atoms with E-state index in [2.05, 4.69) is 20.1 Å². The third-order valence-electron chi connectivity index (χ3n) is 4.73. The van der Waals surface area contributed by atoms with E-state index in [1.165, 1.54) is 13.0 Å². The third-order valence-corrected chi connectivity index (χ3v) is 4.73. The van der Waals surface area contributed by atoms with Crippen LogP contribution in [0.2, 0.25) is 0 Å². The average Bonchev–Trinajstić information content (AvgIpc) is 3.10. The van der Waals surface area contributed by atoms with Crippen molar-refractivity contribution in [1.29, 1.82) is 0 Å². The van der Waals surface area contributed by atoms with Gasteiger partial charge in [-0.1, -0.05) is 0 Å². The molecule has 1 unspecified atom stereocenters. The highest BCUT2D eigenvalue weighted by molar-refractivity contribution is 6.10. The van der Waals surface area contributed by atoms with Crippen molar-refractivity contribution in [2.24, 2.45) is 0 Å². The maximum atomic E-state index is 14.2. The summed E-state index contributed by atoms with van der Waals surface area (Å²) < 4.78 is 62.4. The van der Waals surface area contributed by atoms with Crippen molar-refractivity contribution < 1.29 is 41.4 Å². The monoisotopic (exact) mass is 439 g/mol. The molecule has 31 heavy (non-hydrogen) atoms. The van der Waals surface area contributed by atoms with Gasteiger partial charge in [-0.25, -0.2) is 13.6 Å². The first-order valence-corrected chi connectivity index (χ1v) is 8.78. The van der Waals surface area contributed by atoms with Gasteiger partial charge in [0.25, 0.3) is 5.91 Å². The fourth-order valence-corrected chi connectivity index (χ4v) is 3.27. The Morgan fingerprint density at radius 1 is 1.10 bits per heavy atom. The lowest BCUT2D eigenvalue weighted by Gasteiger charge is -2.22. The summed E-state index contributed by atoms with van der Waals surface area (Å²) in [5.41, 5.74) is -2.28. The molecule has 1 atom stereocenters. The van der Waals surface area contributed by atoms with Gasteiger partial charge >= 0.3 is 12.3 Å². The third kappa shape index (κ3) is 3.60. The van der Waals surface area contributed by atoms with Crippen LogP contribution < -0.4 is 20.1 Å².